The first kappa shape index (κ1) is 22.4. The molecule has 3 heterocycles. The molecular weight excluding hydrogens is 440 g/mol. The first-order chi connectivity index (χ1) is 17.1. The monoisotopic (exact) mass is 466 g/mol. The SMILES string of the molecule is COc1ccc(CNC(=O)c2cc3c4ccccc4n(Cc4ccncc4)c3c(C)n2)cc1OC. The van der Waals surface area contributed by atoms with Crippen LogP contribution >= 0.6 is 0 Å². The number of aromatic nitrogens is 3. The minimum Gasteiger partial charge on any atom is -0.493 e. The molecule has 0 spiro atoms. The summed E-state index contributed by atoms with van der Waals surface area (Å²) >= 11 is 0. The maximum atomic E-state index is 13.1. The van der Waals surface area contributed by atoms with Crippen molar-refractivity contribution in [2.75, 3.05) is 14.2 Å². The first-order valence-electron chi connectivity index (χ1n) is 11.4. The molecule has 3 aromatic heterocycles. The first-order valence-corrected chi connectivity index (χ1v) is 11.4. The van der Waals surface area contributed by atoms with E-state index in [4.69, 9.17) is 9.47 Å². The van der Waals surface area contributed by atoms with Gasteiger partial charge in [-0.3, -0.25) is 9.78 Å². The van der Waals surface area contributed by atoms with E-state index in [1.54, 1.807) is 26.6 Å². The van der Waals surface area contributed by atoms with Gasteiger partial charge in [-0.25, -0.2) is 4.98 Å². The maximum Gasteiger partial charge on any atom is 0.270 e. The largest absolute Gasteiger partial charge is 0.493 e. The van der Waals surface area contributed by atoms with E-state index in [0.717, 1.165) is 38.6 Å². The number of benzene rings is 2. The van der Waals surface area contributed by atoms with Crippen LogP contribution in [0.4, 0.5) is 0 Å². The van der Waals surface area contributed by atoms with Gasteiger partial charge < -0.3 is 19.4 Å². The fourth-order valence-corrected chi connectivity index (χ4v) is 4.48. The lowest BCUT2D eigenvalue weighted by Crippen LogP contribution is -2.24. The number of nitrogens with one attached hydrogen (secondary N) is 1. The van der Waals surface area contributed by atoms with Crippen molar-refractivity contribution >= 4 is 27.7 Å². The van der Waals surface area contributed by atoms with Crippen molar-refractivity contribution in [3.63, 3.8) is 0 Å². The Morgan fingerprint density at radius 2 is 1.69 bits per heavy atom. The highest BCUT2D eigenvalue weighted by atomic mass is 16.5. The third kappa shape index (κ3) is 4.28. The van der Waals surface area contributed by atoms with Crippen molar-refractivity contribution in [3.05, 3.63) is 95.6 Å². The summed E-state index contributed by atoms with van der Waals surface area (Å²) < 4.78 is 12.9. The van der Waals surface area contributed by atoms with Crippen molar-refractivity contribution < 1.29 is 14.3 Å². The molecule has 5 rings (SSSR count). The van der Waals surface area contributed by atoms with Crippen molar-refractivity contribution in [2.24, 2.45) is 0 Å². The number of nitrogens with zero attached hydrogens (tertiary/aromatic N) is 3. The number of pyridine rings is 2. The van der Waals surface area contributed by atoms with Gasteiger partial charge in [0.15, 0.2) is 11.5 Å². The summed E-state index contributed by atoms with van der Waals surface area (Å²) in [5, 5.41) is 5.09. The van der Waals surface area contributed by atoms with Gasteiger partial charge in [-0.15, -0.1) is 0 Å². The standard InChI is InChI=1S/C28H26N4O3/c1-18-27-22(21-6-4-5-7-24(21)32(27)17-19-10-12-29-13-11-19)15-23(31-18)28(33)30-16-20-8-9-25(34-2)26(14-20)35-3/h4-15H,16-17H2,1-3H3,(H,30,33). The number of para-hydroxylation sites is 1. The molecule has 7 heteroatoms. The summed E-state index contributed by atoms with van der Waals surface area (Å²) in [7, 11) is 3.19. The maximum absolute atomic E-state index is 13.1. The molecule has 0 aliphatic carbocycles. The van der Waals surface area contributed by atoms with E-state index in [1.807, 2.05) is 55.5 Å². The Morgan fingerprint density at radius 3 is 2.46 bits per heavy atom. The predicted molar refractivity (Wildman–Crippen MR) is 136 cm³/mol. The van der Waals surface area contributed by atoms with Crippen molar-refractivity contribution in [3.8, 4) is 11.5 Å². The zero-order valence-electron chi connectivity index (χ0n) is 19.9. The Bertz CT molecular complexity index is 1530. The number of hydrogen-bond acceptors (Lipinski definition) is 5. The van der Waals surface area contributed by atoms with E-state index >= 15 is 0 Å². The van der Waals surface area contributed by atoms with Crippen LogP contribution in [-0.2, 0) is 13.1 Å². The minimum atomic E-state index is -0.226. The van der Waals surface area contributed by atoms with Crippen molar-refractivity contribution in [2.45, 2.75) is 20.0 Å². The van der Waals surface area contributed by atoms with E-state index < -0.39 is 0 Å². The number of amides is 1. The highest BCUT2D eigenvalue weighted by molar-refractivity contribution is 6.10. The summed E-state index contributed by atoms with van der Waals surface area (Å²) in [6.07, 6.45) is 3.60. The van der Waals surface area contributed by atoms with Crippen molar-refractivity contribution in [1.82, 2.24) is 19.9 Å². The predicted octanol–water partition coefficient (Wildman–Crippen LogP) is 4.89. The highest BCUT2D eigenvalue weighted by Crippen LogP contribution is 2.32. The lowest BCUT2D eigenvalue weighted by atomic mass is 10.1. The summed E-state index contributed by atoms with van der Waals surface area (Å²) in [5.74, 6) is 1.04. The van der Waals surface area contributed by atoms with Crippen LogP contribution in [-0.4, -0.2) is 34.7 Å². The number of ether oxygens (including phenoxy) is 2. The highest BCUT2D eigenvalue weighted by Gasteiger charge is 2.18. The van der Waals surface area contributed by atoms with Gasteiger partial charge >= 0.3 is 0 Å². The van der Waals surface area contributed by atoms with Gasteiger partial charge in [0.2, 0.25) is 0 Å². The average Bonchev–Trinajstić information content (AvgIpc) is 3.21. The molecule has 176 valence electrons. The topological polar surface area (TPSA) is 78.3 Å². The molecular formula is C28H26N4O3. The van der Waals surface area contributed by atoms with Crippen LogP contribution in [0, 0.1) is 6.92 Å². The summed E-state index contributed by atoms with van der Waals surface area (Å²) in [6.45, 7) is 3.00. The second-order valence-electron chi connectivity index (χ2n) is 8.32. The van der Waals surface area contributed by atoms with Crippen LogP contribution < -0.4 is 14.8 Å². The number of aryl methyl sites for hydroxylation is 1. The fourth-order valence-electron chi connectivity index (χ4n) is 4.48. The van der Waals surface area contributed by atoms with Gasteiger partial charge in [-0.2, -0.15) is 0 Å². The number of fused-ring (bicyclic) bond motifs is 3. The van der Waals surface area contributed by atoms with E-state index in [9.17, 15) is 4.79 Å². The Kier molecular flexibility index (Phi) is 6.06. The molecule has 0 saturated carbocycles. The number of carbonyl (C=O) groups excluding carboxylic acids is 1. The Morgan fingerprint density at radius 1 is 0.914 bits per heavy atom. The molecule has 35 heavy (non-hydrogen) atoms. The number of methoxy groups -OCH3 is 2. The Balaban J connectivity index is 1.48. The molecule has 1 N–H and O–H groups in total. The second kappa shape index (κ2) is 9.46. The number of carbonyl (C=O) groups is 1. The van der Waals surface area contributed by atoms with Crippen LogP contribution in [0.2, 0.25) is 0 Å². The summed E-state index contributed by atoms with van der Waals surface area (Å²) in [6, 6.07) is 19.7. The molecule has 0 saturated heterocycles. The molecule has 0 bridgehead atoms. The van der Waals surface area contributed by atoms with Gasteiger partial charge in [-0.1, -0.05) is 24.3 Å². The minimum absolute atomic E-state index is 0.226. The quantitative estimate of drug-likeness (QED) is 0.370. The third-order valence-electron chi connectivity index (χ3n) is 6.15. The van der Waals surface area contributed by atoms with Gasteiger partial charge in [0, 0.05) is 41.8 Å². The Labute approximate surface area is 203 Å². The normalized spacial score (nSPS) is 11.1. The second-order valence-corrected chi connectivity index (χ2v) is 8.32. The van der Waals surface area contributed by atoms with Crippen LogP contribution in [0.1, 0.15) is 27.3 Å². The summed E-state index contributed by atoms with van der Waals surface area (Å²) in [5.41, 5.74) is 5.39. The fraction of sp³-hybridized carbons (Fsp3) is 0.179. The van der Waals surface area contributed by atoms with E-state index in [0.29, 0.717) is 30.3 Å². The molecule has 0 unspecified atom stereocenters. The van der Waals surface area contributed by atoms with Gasteiger partial charge in [0.05, 0.1) is 25.4 Å². The molecule has 1 amide bonds. The zero-order valence-corrected chi connectivity index (χ0v) is 19.9. The smallest absolute Gasteiger partial charge is 0.270 e. The molecule has 0 aliphatic rings. The molecule has 0 aliphatic heterocycles. The molecule has 0 fully saturated rings. The summed E-state index contributed by atoms with van der Waals surface area (Å²) in [4.78, 5) is 21.9. The Hall–Kier alpha value is -4.39. The third-order valence-corrected chi connectivity index (χ3v) is 6.15. The number of rotatable bonds is 7. The van der Waals surface area contributed by atoms with Gasteiger partial charge in [0.25, 0.3) is 5.91 Å². The van der Waals surface area contributed by atoms with Crippen molar-refractivity contribution in [1.29, 1.82) is 0 Å². The van der Waals surface area contributed by atoms with E-state index in [-0.39, 0.29) is 5.91 Å². The van der Waals surface area contributed by atoms with Crippen LogP contribution in [0.25, 0.3) is 21.8 Å². The molecule has 5 aromatic rings. The lowest BCUT2D eigenvalue weighted by Gasteiger charge is -2.11. The molecule has 7 nitrogen and oxygen atoms in total. The van der Waals surface area contributed by atoms with Gasteiger partial charge in [-0.05, 0) is 54.4 Å². The molecule has 0 radical (unpaired) electrons. The van der Waals surface area contributed by atoms with Gasteiger partial charge in [0.1, 0.15) is 5.69 Å². The van der Waals surface area contributed by atoms with Crippen LogP contribution in [0.15, 0.2) is 73.1 Å². The molecule has 2 aromatic carbocycles. The average molecular weight is 467 g/mol. The van der Waals surface area contributed by atoms with Crippen LogP contribution in [0.3, 0.4) is 0 Å². The van der Waals surface area contributed by atoms with Crippen LogP contribution in [0.5, 0.6) is 11.5 Å². The molecule has 0 atom stereocenters. The number of hydrogen-bond donors (Lipinski definition) is 1. The lowest BCUT2D eigenvalue weighted by molar-refractivity contribution is 0.0946. The van der Waals surface area contributed by atoms with E-state index in [1.165, 1.54) is 0 Å². The van der Waals surface area contributed by atoms with E-state index in [2.05, 4.69) is 32.0 Å². The zero-order chi connectivity index (χ0) is 24.4.